The molecule has 0 radical (unpaired) electrons. The number of rotatable bonds is 6. The Labute approximate surface area is 166 Å². The van der Waals surface area contributed by atoms with Gasteiger partial charge in [0.15, 0.2) is 5.65 Å². The first kappa shape index (κ1) is 18.5. The van der Waals surface area contributed by atoms with Crippen LogP contribution in [0.5, 0.6) is 0 Å². The smallest absolute Gasteiger partial charge is 0.268 e. The van der Waals surface area contributed by atoms with Crippen molar-refractivity contribution in [2.24, 2.45) is 0 Å². The predicted molar refractivity (Wildman–Crippen MR) is 108 cm³/mol. The molecule has 28 heavy (non-hydrogen) atoms. The summed E-state index contributed by atoms with van der Waals surface area (Å²) >= 11 is 6.14. The third kappa shape index (κ3) is 3.34. The zero-order valence-corrected chi connectivity index (χ0v) is 16.1. The van der Waals surface area contributed by atoms with Gasteiger partial charge in [-0.1, -0.05) is 23.7 Å². The van der Waals surface area contributed by atoms with Crippen LogP contribution in [0.2, 0.25) is 5.02 Å². The van der Waals surface area contributed by atoms with E-state index in [-0.39, 0.29) is 12.5 Å². The molecule has 0 atom stereocenters. The van der Waals surface area contributed by atoms with Crippen molar-refractivity contribution in [2.75, 3.05) is 13.2 Å². The van der Waals surface area contributed by atoms with Crippen molar-refractivity contribution >= 4 is 34.2 Å². The minimum absolute atomic E-state index is 0.0340. The first-order valence-electron chi connectivity index (χ1n) is 9.06. The predicted octanol–water partition coefficient (Wildman–Crippen LogP) is 2.81. The fraction of sp³-hybridized carbons (Fsp3) is 0.250. The second kappa shape index (κ2) is 7.61. The number of benzene rings is 1. The molecule has 4 aromatic rings. The summed E-state index contributed by atoms with van der Waals surface area (Å²) in [6.07, 6.45) is 0.509. The number of aromatic nitrogens is 4. The molecule has 0 fully saturated rings. The molecule has 1 aromatic carbocycles. The number of pyridine rings is 1. The van der Waals surface area contributed by atoms with Crippen molar-refractivity contribution in [3.05, 3.63) is 64.6 Å². The molecule has 0 bridgehead atoms. The van der Waals surface area contributed by atoms with Crippen molar-refractivity contribution < 1.29 is 9.90 Å². The van der Waals surface area contributed by atoms with E-state index in [1.165, 1.54) is 0 Å². The quantitative estimate of drug-likeness (QED) is 0.490. The van der Waals surface area contributed by atoms with Gasteiger partial charge in [0.25, 0.3) is 5.91 Å². The van der Waals surface area contributed by atoms with Gasteiger partial charge in [-0.2, -0.15) is 0 Å². The topological polar surface area (TPSA) is 84.4 Å². The number of hydrogen-bond donors (Lipinski definition) is 2. The fourth-order valence-corrected chi connectivity index (χ4v) is 3.60. The number of halogens is 1. The number of hydrogen-bond acceptors (Lipinski definition) is 4. The number of amides is 1. The number of nitrogens with zero attached hydrogens (tertiary/aromatic N) is 4. The van der Waals surface area contributed by atoms with Gasteiger partial charge in [0.05, 0.1) is 11.0 Å². The van der Waals surface area contributed by atoms with Crippen LogP contribution in [-0.4, -0.2) is 43.3 Å². The molecule has 0 aliphatic heterocycles. The average molecular weight is 398 g/mol. The lowest BCUT2D eigenvalue weighted by molar-refractivity contribution is 0.0943. The Morgan fingerprint density at radius 1 is 1.18 bits per heavy atom. The van der Waals surface area contributed by atoms with Crippen LogP contribution in [0.3, 0.4) is 0 Å². The number of fused-ring (bicyclic) bond motifs is 3. The largest absolute Gasteiger partial charge is 0.396 e. The molecule has 0 unspecified atom stereocenters. The summed E-state index contributed by atoms with van der Waals surface area (Å²) < 4.78 is 3.91. The molecule has 0 saturated heterocycles. The molecular formula is C20H20ClN5O2. The lowest BCUT2D eigenvalue weighted by Crippen LogP contribution is -2.27. The lowest BCUT2D eigenvalue weighted by atomic mass is 10.2. The van der Waals surface area contributed by atoms with E-state index in [1.54, 1.807) is 0 Å². The van der Waals surface area contributed by atoms with Crippen LogP contribution in [0.1, 0.15) is 28.3 Å². The van der Waals surface area contributed by atoms with E-state index in [2.05, 4.69) is 15.5 Å². The molecule has 8 heteroatoms. The van der Waals surface area contributed by atoms with Crippen LogP contribution >= 0.6 is 11.6 Å². The second-order valence-corrected chi connectivity index (χ2v) is 7.06. The SMILES string of the molecule is Cc1nnc2ccc3c(cc(C(=O)NCCCO)n3Cc3cccc(Cl)c3)n12. The van der Waals surface area contributed by atoms with E-state index in [1.807, 2.05) is 58.4 Å². The third-order valence-electron chi connectivity index (χ3n) is 4.68. The molecule has 144 valence electrons. The summed E-state index contributed by atoms with van der Waals surface area (Å²) in [5, 5.41) is 20.8. The monoisotopic (exact) mass is 397 g/mol. The minimum atomic E-state index is -0.189. The van der Waals surface area contributed by atoms with Gasteiger partial charge in [0, 0.05) is 24.7 Å². The van der Waals surface area contributed by atoms with Crippen LogP contribution in [0.25, 0.3) is 16.7 Å². The molecule has 3 aromatic heterocycles. The molecule has 0 aliphatic rings. The van der Waals surface area contributed by atoms with Gasteiger partial charge in [0.1, 0.15) is 11.5 Å². The van der Waals surface area contributed by atoms with Crippen molar-refractivity contribution in [3.63, 3.8) is 0 Å². The van der Waals surface area contributed by atoms with Crippen molar-refractivity contribution in [1.29, 1.82) is 0 Å². The Morgan fingerprint density at radius 3 is 2.82 bits per heavy atom. The van der Waals surface area contributed by atoms with E-state index < -0.39 is 0 Å². The summed E-state index contributed by atoms with van der Waals surface area (Å²) in [6.45, 7) is 2.83. The maximum absolute atomic E-state index is 12.8. The van der Waals surface area contributed by atoms with Gasteiger partial charge < -0.3 is 15.0 Å². The lowest BCUT2D eigenvalue weighted by Gasteiger charge is -2.11. The molecule has 7 nitrogen and oxygen atoms in total. The van der Waals surface area contributed by atoms with Gasteiger partial charge in [0.2, 0.25) is 0 Å². The molecule has 0 spiro atoms. The number of aliphatic hydroxyl groups is 1. The van der Waals surface area contributed by atoms with Crippen LogP contribution in [0.4, 0.5) is 0 Å². The Kier molecular flexibility index (Phi) is 5.02. The van der Waals surface area contributed by atoms with Crippen molar-refractivity contribution in [1.82, 2.24) is 24.5 Å². The maximum atomic E-state index is 12.8. The van der Waals surface area contributed by atoms with Gasteiger partial charge in [-0.3, -0.25) is 9.20 Å². The highest BCUT2D eigenvalue weighted by Gasteiger charge is 2.18. The van der Waals surface area contributed by atoms with Crippen molar-refractivity contribution in [3.8, 4) is 0 Å². The number of nitrogens with one attached hydrogen (secondary N) is 1. The van der Waals surface area contributed by atoms with E-state index in [0.29, 0.717) is 30.2 Å². The Hall–Kier alpha value is -2.90. The summed E-state index contributed by atoms with van der Waals surface area (Å²) in [5.41, 5.74) is 4.04. The highest BCUT2D eigenvalue weighted by molar-refractivity contribution is 6.30. The summed E-state index contributed by atoms with van der Waals surface area (Å²) in [6, 6.07) is 13.3. The molecule has 0 aliphatic carbocycles. The molecule has 4 rings (SSSR count). The standard InChI is InChI=1S/C20H20ClN5O2/c1-13-23-24-19-7-6-16-17(26(13)19)11-18(20(28)22-8-3-9-27)25(16)12-14-4-2-5-15(21)10-14/h2,4-7,10-11,27H,3,8-9,12H2,1H3,(H,22,28). The first-order chi connectivity index (χ1) is 13.6. The Morgan fingerprint density at radius 2 is 2.04 bits per heavy atom. The highest BCUT2D eigenvalue weighted by atomic mass is 35.5. The molecule has 1 amide bonds. The zero-order valence-electron chi connectivity index (χ0n) is 15.4. The molecule has 0 saturated carbocycles. The van der Waals surface area contributed by atoms with Crippen LogP contribution in [-0.2, 0) is 6.54 Å². The van der Waals surface area contributed by atoms with Crippen LogP contribution < -0.4 is 5.32 Å². The number of carbonyl (C=O) groups excluding carboxylic acids is 1. The normalized spacial score (nSPS) is 11.4. The fourth-order valence-electron chi connectivity index (χ4n) is 3.39. The number of carbonyl (C=O) groups is 1. The highest BCUT2D eigenvalue weighted by Crippen LogP contribution is 2.24. The Bertz CT molecular complexity index is 1160. The first-order valence-corrected chi connectivity index (χ1v) is 9.44. The number of aryl methyl sites for hydroxylation is 1. The van der Waals surface area contributed by atoms with E-state index in [0.717, 1.165) is 28.1 Å². The van der Waals surface area contributed by atoms with E-state index in [4.69, 9.17) is 16.7 Å². The van der Waals surface area contributed by atoms with Gasteiger partial charge in [-0.05, 0) is 49.2 Å². The van der Waals surface area contributed by atoms with Crippen LogP contribution in [0, 0.1) is 6.92 Å². The van der Waals surface area contributed by atoms with E-state index >= 15 is 0 Å². The molecule has 3 heterocycles. The second-order valence-electron chi connectivity index (χ2n) is 6.62. The average Bonchev–Trinajstić information content (AvgIpc) is 3.23. The molecular weight excluding hydrogens is 378 g/mol. The Balaban J connectivity index is 1.86. The third-order valence-corrected chi connectivity index (χ3v) is 4.92. The van der Waals surface area contributed by atoms with E-state index in [9.17, 15) is 4.79 Å². The summed E-state index contributed by atoms with van der Waals surface area (Å²) in [7, 11) is 0. The van der Waals surface area contributed by atoms with Crippen molar-refractivity contribution in [2.45, 2.75) is 19.9 Å². The van der Waals surface area contributed by atoms with Gasteiger partial charge in [-0.25, -0.2) is 0 Å². The summed E-state index contributed by atoms with van der Waals surface area (Å²) in [4.78, 5) is 12.8. The minimum Gasteiger partial charge on any atom is -0.396 e. The summed E-state index contributed by atoms with van der Waals surface area (Å²) in [5.74, 6) is 0.568. The zero-order chi connectivity index (χ0) is 19.7. The number of aliphatic hydroxyl groups excluding tert-OH is 1. The molecule has 2 N–H and O–H groups in total. The van der Waals surface area contributed by atoms with Crippen LogP contribution in [0.15, 0.2) is 42.5 Å². The maximum Gasteiger partial charge on any atom is 0.268 e. The van der Waals surface area contributed by atoms with Gasteiger partial charge >= 0.3 is 0 Å². The van der Waals surface area contributed by atoms with Gasteiger partial charge in [-0.15, -0.1) is 10.2 Å².